The zero-order valence-electron chi connectivity index (χ0n) is 35.0. The molecule has 0 aromatic rings. The van der Waals surface area contributed by atoms with Crippen molar-refractivity contribution in [1.29, 1.82) is 0 Å². The Kier molecular flexibility index (Phi) is 40.5. The lowest BCUT2D eigenvalue weighted by molar-refractivity contribution is -0.167. The lowest BCUT2D eigenvalue weighted by atomic mass is 10.1. The van der Waals surface area contributed by atoms with Crippen LogP contribution in [0.1, 0.15) is 226 Å². The molecule has 0 amide bonds. The van der Waals surface area contributed by atoms with Crippen LogP contribution in [-0.2, 0) is 28.6 Å². The van der Waals surface area contributed by atoms with Gasteiger partial charge in [0, 0.05) is 19.3 Å². The second kappa shape index (κ2) is 42.4. The van der Waals surface area contributed by atoms with Gasteiger partial charge in [-0.25, -0.2) is 0 Å². The lowest BCUT2D eigenvalue weighted by Gasteiger charge is -2.18. The number of unbranched alkanes of at least 4 members (excludes halogenated alkanes) is 23. The molecular formula is C47H84O6. The molecule has 0 saturated carbocycles. The van der Waals surface area contributed by atoms with E-state index in [2.05, 4.69) is 57.2 Å². The van der Waals surface area contributed by atoms with E-state index in [0.29, 0.717) is 19.3 Å². The molecule has 308 valence electrons. The molecule has 0 fully saturated rings. The van der Waals surface area contributed by atoms with Crippen molar-refractivity contribution in [3.63, 3.8) is 0 Å². The number of allylic oxidation sites excluding steroid dienone is 6. The average molecular weight is 745 g/mol. The van der Waals surface area contributed by atoms with Gasteiger partial charge in [0.1, 0.15) is 13.2 Å². The second-order valence-electron chi connectivity index (χ2n) is 15.0. The summed E-state index contributed by atoms with van der Waals surface area (Å²) in [6, 6.07) is 0. The van der Waals surface area contributed by atoms with E-state index in [1.54, 1.807) is 0 Å². The van der Waals surface area contributed by atoms with E-state index < -0.39 is 6.10 Å². The maximum Gasteiger partial charge on any atom is 0.306 e. The molecule has 0 radical (unpaired) electrons. The number of rotatable bonds is 40. The quantitative estimate of drug-likeness (QED) is 0.0269. The second-order valence-corrected chi connectivity index (χ2v) is 15.0. The zero-order chi connectivity index (χ0) is 38.7. The lowest BCUT2D eigenvalue weighted by Crippen LogP contribution is -2.30. The molecule has 0 spiro atoms. The standard InChI is InChI=1S/C47H84O6/c1-4-7-10-13-16-19-21-23-25-26-28-31-34-37-40-46(49)52-43-44(42-51-45(48)39-36-33-30-18-15-12-9-6-3)53-47(50)41-38-35-32-29-27-24-22-20-17-14-11-8-5-2/h11,14,20-23,44H,4-10,12-13,15-19,24-43H2,1-3H3/b14-11-,22-20-,23-21-. The maximum atomic E-state index is 12.7. The van der Waals surface area contributed by atoms with Crippen molar-refractivity contribution in [3.05, 3.63) is 36.5 Å². The first-order valence-corrected chi connectivity index (χ1v) is 22.5. The van der Waals surface area contributed by atoms with Crippen LogP contribution in [-0.4, -0.2) is 37.2 Å². The highest BCUT2D eigenvalue weighted by molar-refractivity contribution is 5.71. The van der Waals surface area contributed by atoms with Crippen molar-refractivity contribution in [1.82, 2.24) is 0 Å². The maximum absolute atomic E-state index is 12.7. The summed E-state index contributed by atoms with van der Waals surface area (Å²) >= 11 is 0. The topological polar surface area (TPSA) is 78.9 Å². The molecule has 0 rings (SSSR count). The molecule has 0 heterocycles. The summed E-state index contributed by atoms with van der Waals surface area (Å²) < 4.78 is 16.6. The van der Waals surface area contributed by atoms with Crippen LogP contribution in [0.5, 0.6) is 0 Å². The van der Waals surface area contributed by atoms with Gasteiger partial charge in [-0.05, 0) is 70.6 Å². The summed E-state index contributed by atoms with van der Waals surface area (Å²) in [6.45, 7) is 6.51. The Morgan fingerprint density at radius 3 is 1.13 bits per heavy atom. The largest absolute Gasteiger partial charge is 0.462 e. The third-order valence-corrected chi connectivity index (χ3v) is 9.60. The van der Waals surface area contributed by atoms with E-state index in [9.17, 15) is 14.4 Å². The Hall–Kier alpha value is -2.37. The molecule has 0 N–H and O–H groups in total. The van der Waals surface area contributed by atoms with Crippen molar-refractivity contribution < 1.29 is 28.6 Å². The van der Waals surface area contributed by atoms with Gasteiger partial charge in [-0.3, -0.25) is 14.4 Å². The first-order chi connectivity index (χ1) is 26.0. The zero-order valence-corrected chi connectivity index (χ0v) is 35.0. The Morgan fingerprint density at radius 2 is 0.717 bits per heavy atom. The molecule has 0 saturated heterocycles. The monoisotopic (exact) mass is 745 g/mol. The van der Waals surface area contributed by atoms with E-state index in [-0.39, 0.29) is 31.1 Å². The average Bonchev–Trinajstić information content (AvgIpc) is 3.15. The van der Waals surface area contributed by atoms with Gasteiger partial charge in [-0.15, -0.1) is 0 Å². The number of carbonyl (C=O) groups excluding carboxylic acids is 3. The summed E-state index contributed by atoms with van der Waals surface area (Å²) in [4.78, 5) is 37.6. The van der Waals surface area contributed by atoms with Gasteiger partial charge < -0.3 is 14.2 Å². The molecule has 1 atom stereocenters. The number of hydrogen-bond donors (Lipinski definition) is 0. The van der Waals surface area contributed by atoms with Crippen molar-refractivity contribution in [2.75, 3.05) is 13.2 Å². The van der Waals surface area contributed by atoms with Gasteiger partial charge in [0.2, 0.25) is 0 Å². The number of carbonyl (C=O) groups is 3. The summed E-state index contributed by atoms with van der Waals surface area (Å²) in [6.07, 6.45) is 47.0. The van der Waals surface area contributed by atoms with E-state index in [1.807, 2.05) is 0 Å². The molecule has 53 heavy (non-hydrogen) atoms. The van der Waals surface area contributed by atoms with Gasteiger partial charge in [-0.2, -0.15) is 0 Å². The highest BCUT2D eigenvalue weighted by atomic mass is 16.6. The molecule has 1 unspecified atom stereocenters. The Bertz CT molecular complexity index is 907. The molecule has 0 aromatic carbocycles. The molecular weight excluding hydrogens is 661 g/mol. The fourth-order valence-corrected chi connectivity index (χ4v) is 6.18. The summed E-state index contributed by atoms with van der Waals surface area (Å²) in [5.74, 6) is -0.906. The van der Waals surface area contributed by atoms with Crippen LogP contribution < -0.4 is 0 Å². The number of ether oxygens (including phenoxy) is 3. The number of esters is 3. The first kappa shape index (κ1) is 50.6. The summed E-state index contributed by atoms with van der Waals surface area (Å²) in [7, 11) is 0. The summed E-state index contributed by atoms with van der Waals surface area (Å²) in [5, 5.41) is 0. The van der Waals surface area contributed by atoms with Gasteiger partial charge in [0.25, 0.3) is 0 Å². The van der Waals surface area contributed by atoms with Crippen LogP contribution in [0, 0.1) is 0 Å². The highest BCUT2D eigenvalue weighted by Crippen LogP contribution is 2.13. The molecule has 0 bridgehead atoms. The minimum absolute atomic E-state index is 0.0793. The molecule has 0 aliphatic heterocycles. The van der Waals surface area contributed by atoms with Gasteiger partial charge >= 0.3 is 17.9 Å². The molecule has 0 aliphatic carbocycles. The Labute approximate surface area is 327 Å². The molecule has 6 heteroatoms. The predicted molar refractivity (Wildman–Crippen MR) is 224 cm³/mol. The van der Waals surface area contributed by atoms with Crippen LogP contribution in [0.2, 0.25) is 0 Å². The predicted octanol–water partition coefficient (Wildman–Crippen LogP) is 14.2. The van der Waals surface area contributed by atoms with E-state index >= 15 is 0 Å². The van der Waals surface area contributed by atoms with E-state index in [0.717, 1.165) is 96.3 Å². The van der Waals surface area contributed by atoms with Crippen molar-refractivity contribution >= 4 is 17.9 Å². The SMILES string of the molecule is CCC/C=C\C/C=C\CCCCCCCC(=O)OC(COC(=O)CCCCCCC/C=C\CCCCCCC)COC(=O)CCCCCCCCCC. The van der Waals surface area contributed by atoms with Gasteiger partial charge in [-0.1, -0.05) is 173 Å². The minimum atomic E-state index is -0.776. The van der Waals surface area contributed by atoms with E-state index in [1.165, 1.54) is 89.9 Å². The highest BCUT2D eigenvalue weighted by Gasteiger charge is 2.19. The fourth-order valence-electron chi connectivity index (χ4n) is 6.18. The van der Waals surface area contributed by atoms with Crippen LogP contribution in [0.25, 0.3) is 0 Å². The van der Waals surface area contributed by atoms with Crippen molar-refractivity contribution in [2.45, 2.75) is 232 Å². The van der Waals surface area contributed by atoms with E-state index in [4.69, 9.17) is 14.2 Å². The van der Waals surface area contributed by atoms with Gasteiger partial charge in [0.15, 0.2) is 6.10 Å². The fraction of sp³-hybridized carbons (Fsp3) is 0.809. The third kappa shape index (κ3) is 40.6. The van der Waals surface area contributed by atoms with Crippen molar-refractivity contribution in [3.8, 4) is 0 Å². The number of hydrogen-bond acceptors (Lipinski definition) is 6. The molecule has 0 aromatic heterocycles. The van der Waals surface area contributed by atoms with Gasteiger partial charge in [0.05, 0.1) is 0 Å². The Morgan fingerprint density at radius 1 is 0.377 bits per heavy atom. The van der Waals surface area contributed by atoms with Crippen LogP contribution >= 0.6 is 0 Å². The van der Waals surface area contributed by atoms with Crippen LogP contribution in [0.3, 0.4) is 0 Å². The third-order valence-electron chi connectivity index (χ3n) is 9.60. The summed E-state index contributed by atoms with van der Waals surface area (Å²) in [5.41, 5.74) is 0. The van der Waals surface area contributed by atoms with Crippen molar-refractivity contribution in [2.24, 2.45) is 0 Å². The molecule has 0 aliphatic rings. The normalized spacial score (nSPS) is 12.3. The minimum Gasteiger partial charge on any atom is -0.462 e. The Balaban J connectivity index is 4.36. The van der Waals surface area contributed by atoms with Crippen LogP contribution in [0.4, 0.5) is 0 Å². The first-order valence-electron chi connectivity index (χ1n) is 22.5. The van der Waals surface area contributed by atoms with Crippen LogP contribution in [0.15, 0.2) is 36.5 Å². The molecule has 6 nitrogen and oxygen atoms in total. The smallest absolute Gasteiger partial charge is 0.306 e.